The van der Waals surface area contributed by atoms with Crippen LogP contribution in [0.1, 0.15) is 5.82 Å². The minimum absolute atomic E-state index is 0.315. The minimum atomic E-state index is -0.335. The van der Waals surface area contributed by atoms with Gasteiger partial charge in [0.1, 0.15) is 11.6 Å². The summed E-state index contributed by atoms with van der Waals surface area (Å²) < 4.78 is 20.0. The Labute approximate surface area is 124 Å². The fourth-order valence-corrected chi connectivity index (χ4v) is 2.51. The highest BCUT2D eigenvalue weighted by molar-refractivity contribution is 9.10. The SMILES string of the molecule is NCC1(c2nccc(-c3cc(Br)ccc3F)n2)COC1. The Morgan fingerprint density at radius 1 is 1.35 bits per heavy atom. The number of aromatic nitrogens is 2. The van der Waals surface area contributed by atoms with Gasteiger partial charge in [0.05, 0.1) is 24.3 Å². The first-order chi connectivity index (χ1) is 9.64. The lowest BCUT2D eigenvalue weighted by atomic mass is 9.85. The van der Waals surface area contributed by atoms with E-state index >= 15 is 0 Å². The number of nitrogens with zero attached hydrogens (tertiary/aromatic N) is 2. The Bertz CT molecular complexity index is 641. The number of hydrogen-bond acceptors (Lipinski definition) is 4. The maximum atomic E-state index is 13.9. The van der Waals surface area contributed by atoms with Gasteiger partial charge < -0.3 is 10.5 Å². The fourth-order valence-electron chi connectivity index (χ4n) is 2.14. The number of ether oxygens (including phenoxy) is 1. The molecule has 2 N–H and O–H groups in total. The summed E-state index contributed by atoms with van der Waals surface area (Å²) in [6.07, 6.45) is 1.63. The second kappa shape index (κ2) is 5.20. The molecule has 0 unspecified atom stereocenters. The molecule has 1 aliphatic rings. The molecule has 20 heavy (non-hydrogen) atoms. The molecule has 0 saturated carbocycles. The lowest BCUT2D eigenvalue weighted by Gasteiger charge is -2.38. The van der Waals surface area contributed by atoms with Crippen LogP contribution in [0.4, 0.5) is 4.39 Å². The summed E-state index contributed by atoms with van der Waals surface area (Å²) in [7, 11) is 0. The average molecular weight is 338 g/mol. The smallest absolute Gasteiger partial charge is 0.141 e. The van der Waals surface area contributed by atoms with Crippen LogP contribution in [-0.2, 0) is 10.2 Å². The summed E-state index contributed by atoms with van der Waals surface area (Å²) in [5.41, 5.74) is 6.46. The zero-order valence-corrected chi connectivity index (χ0v) is 12.2. The first-order valence-electron chi connectivity index (χ1n) is 6.21. The maximum Gasteiger partial charge on any atom is 0.141 e. The molecule has 4 nitrogen and oxygen atoms in total. The van der Waals surface area contributed by atoms with Crippen LogP contribution in [0.5, 0.6) is 0 Å². The highest BCUT2D eigenvalue weighted by Gasteiger charge is 2.42. The van der Waals surface area contributed by atoms with E-state index in [1.54, 1.807) is 24.4 Å². The normalized spacial score (nSPS) is 16.8. The summed E-state index contributed by atoms with van der Waals surface area (Å²) in [5.74, 6) is 0.299. The molecule has 0 atom stereocenters. The van der Waals surface area contributed by atoms with E-state index in [0.29, 0.717) is 36.8 Å². The third-order valence-corrected chi connectivity index (χ3v) is 3.97. The highest BCUT2D eigenvalue weighted by Crippen LogP contribution is 2.31. The lowest BCUT2D eigenvalue weighted by Crippen LogP contribution is -2.53. The van der Waals surface area contributed by atoms with Crippen molar-refractivity contribution in [2.45, 2.75) is 5.41 Å². The molecule has 3 rings (SSSR count). The van der Waals surface area contributed by atoms with E-state index in [1.807, 2.05) is 0 Å². The second-order valence-electron chi connectivity index (χ2n) is 4.87. The van der Waals surface area contributed by atoms with Gasteiger partial charge in [-0.25, -0.2) is 14.4 Å². The number of rotatable bonds is 3. The van der Waals surface area contributed by atoms with E-state index in [4.69, 9.17) is 10.5 Å². The predicted molar refractivity (Wildman–Crippen MR) is 76.7 cm³/mol. The molecule has 1 aromatic heterocycles. The molecule has 0 aliphatic carbocycles. The van der Waals surface area contributed by atoms with Crippen molar-refractivity contribution < 1.29 is 9.13 Å². The highest BCUT2D eigenvalue weighted by atomic mass is 79.9. The molecule has 1 saturated heterocycles. The minimum Gasteiger partial charge on any atom is -0.379 e. The van der Waals surface area contributed by atoms with Gasteiger partial charge in [0, 0.05) is 22.8 Å². The molecule has 104 valence electrons. The van der Waals surface area contributed by atoms with Crippen molar-refractivity contribution >= 4 is 15.9 Å². The summed E-state index contributed by atoms with van der Waals surface area (Å²) >= 11 is 3.34. The van der Waals surface area contributed by atoms with Crippen LogP contribution in [0, 0.1) is 5.82 Å². The summed E-state index contributed by atoms with van der Waals surface area (Å²) in [6.45, 7) is 1.43. The molecule has 6 heteroatoms. The third-order valence-electron chi connectivity index (χ3n) is 3.48. The zero-order valence-electron chi connectivity index (χ0n) is 10.6. The van der Waals surface area contributed by atoms with Gasteiger partial charge in [-0.15, -0.1) is 0 Å². The van der Waals surface area contributed by atoms with Gasteiger partial charge in [-0.3, -0.25) is 0 Å². The standard InChI is InChI=1S/C14H13BrFN3O/c15-9-1-2-11(16)10(5-9)12-3-4-18-13(19-12)14(6-17)7-20-8-14/h1-5H,6-8,17H2. The van der Waals surface area contributed by atoms with E-state index in [0.717, 1.165) is 4.47 Å². The third kappa shape index (κ3) is 2.24. The number of halogens is 2. The molecule has 1 fully saturated rings. The topological polar surface area (TPSA) is 61.0 Å². The quantitative estimate of drug-likeness (QED) is 0.933. The van der Waals surface area contributed by atoms with E-state index in [2.05, 4.69) is 25.9 Å². The van der Waals surface area contributed by atoms with Gasteiger partial charge in [-0.05, 0) is 24.3 Å². The van der Waals surface area contributed by atoms with Crippen molar-refractivity contribution in [2.24, 2.45) is 5.73 Å². The monoisotopic (exact) mass is 337 g/mol. The molecule has 0 radical (unpaired) electrons. The first-order valence-corrected chi connectivity index (χ1v) is 7.01. The Balaban J connectivity index is 2.05. The Hall–Kier alpha value is -1.37. The van der Waals surface area contributed by atoms with Crippen molar-refractivity contribution in [3.63, 3.8) is 0 Å². The van der Waals surface area contributed by atoms with Crippen molar-refractivity contribution in [3.05, 3.63) is 46.6 Å². The Morgan fingerprint density at radius 3 is 2.80 bits per heavy atom. The molecular weight excluding hydrogens is 325 g/mol. The average Bonchev–Trinajstić information content (AvgIpc) is 2.41. The molecular formula is C14H13BrFN3O. The molecule has 0 amide bonds. The molecule has 0 bridgehead atoms. The lowest BCUT2D eigenvalue weighted by molar-refractivity contribution is -0.0593. The molecule has 1 aromatic carbocycles. The van der Waals surface area contributed by atoms with E-state index in [9.17, 15) is 4.39 Å². The fraction of sp³-hybridized carbons (Fsp3) is 0.286. The molecule has 0 spiro atoms. The van der Waals surface area contributed by atoms with Crippen LogP contribution in [0.2, 0.25) is 0 Å². The number of hydrogen-bond donors (Lipinski definition) is 1. The first kappa shape index (κ1) is 13.6. The Kier molecular flexibility index (Phi) is 3.54. The van der Waals surface area contributed by atoms with Crippen molar-refractivity contribution in [3.8, 4) is 11.3 Å². The van der Waals surface area contributed by atoms with Crippen LogP contribution in [0.25, 0.3) is 11.3 Å². The number of nitrogens with two attached hydrogens (primary N) is 1. The van der Waals surface area contributed by atoms with Gasteiger partial charge in [-0.1, -0.05) is 15.9 Å². The van der Waals surface area contributed by atoms with Crippen LogP contribution in [-0.4, -0.2) is 29.7 Å². The van der Waals surface area contributed by atoms with Crippen molar-refractivity contribution in [2.75, 3.05) is 19.8 Å². The zero-order chi connectivity index (χ0) is 14.2. The van der Waals surface area contributed by atoms with Gasteiger partial charge in [-0.2, -0.15) is 0 Å². The van der Waals surface area contributed by atoms with Crippen LogP contribution in [0.3, 0.4) is 0 Å². The predicted octanol–water partition coefficient (Wildman–Crippen LogP) is 2.27. The van der Waals surface area contributed by atoms with Crippen molar-refractivity contribution in [1.82, 2.24) is 9.97 Å². The van der Waals surface area contributed by atoms with Crippen LogP contribution < -0.4 is 5.73 Å². The maximum absolute atomic E-state index is 13.9. The second-order valence-corrected chi connectivity index (χ2v) is 5.78. The molecule has 2 aromatic rings. The van der Waals surface area contributed by atoms with Crippen LogP contribution in [0.15, 0.2) is 34.9 Å². The van der Waals surface area contributed by atoms with Gasteiger partial charge in [0.2, 0.25) is 0 Å². The van der Waals surface area contributed by atoms with Gasteiger partial charge in [0.25, 0.3) is 0 Å². The van der Waals surface area contributed by atoms with Gasteiger partial charge in [0.15, 0.2) is 0 Å². The van der Waals surface area contributed by atoms with Crippen LogP contribution >= 0.6 is 15.9 Å². The Morgan fingerprint density at radius 2 is 2.15 bits per heavy atom. The summed E-state index contributed by atoms with van der Waals surface area (Å²) in [5, 5.41) is 0. The van der Waals surface area contributed by atoms with Gasteiger partial charge >= 0.3 is 0 Å². The summed E-state index contributed by atoms with van der Waals surface area (Å²) in [4.78, 5) is 8.75. The van der Waals surface area contributed by atoms with E-state index in [1.165, 1.54) is 6.07 Å². The number of benzene rings is 1. The summed E-state index contributed by atoms with van der Waals surface area (Å²) in [6, 6.07) is 6.46. The van der Waals surface area contributed by atoms with Crippen molar-refractivity contribution in [1.29, 1.82) is 0 Å². The molecule has 1 aliphatic heterocycles. The van der Waals surface area contributed by atoms with E-state index in [-0.39, 0.29) is 11.2 Å². The van der Waals surface area contributed by atoms with E-state index < -0.39 is 0 Å². The largest absolute Gasteiger partial charge is 0.379 e. The molecule has 2 heterocycles.